The van der Waals surface area contributed by atoms with Gasteiger partial charge in [-0.3, -0.25) is 0 Å². The van der Waals surface area contributed by atoms with Crippen LogP contribution >= 0.6 is 11.6 Å². The van der Waals surface area contributed by atoms with Crippen LogP contribution in [0.2, 0.25) is 5.02 Å². The summed E-state index contributed by atoms with van der Waals surface area (Å²) >= 11 is 6.07. The predicted octanol–water partition coefficient (Wildman–Crippen LogP) is 3.20. The minimum Gasteiger partial charge on any atom is -0.478 e. The molecule has 0 aliphatic heterocycles. The fourth-order valence-electron chi connectivity index (χ4n) is 2.14. The largest absolute Gasteiger partial charge is 0.478 e. The van der Waals surface area contributed by atoms with Crippen molar-refractivity contribution in [2.24, 2.45) is 0 Å². The van der Waals surface area contributed by atoms with Gasteiger partial charge in [0.1, 0.15) is 0 Å². The molecule has 5 nitrogen and oxygen atoms in total. The highest BCUT2D eigenvalue weighted by Crippen LogP contribution is 2.29. The van der Waals surface area contributed by atoms with Crippen LogP contribution in [0.1, 0.15) is 41.5 Å². The number of pyridine rings is 1. The van der Waals surface area contributed by atoms with Gasteiger partial charge >= 0.3 is 5.97 Å². The lowest BCUT2D eigenvalue weighted by molar-refractivity contribution is 0.0699. The quantitative estimate of drug-likeness (QED) is 0.934. The molecule has 0 aliphatic rings. The molecule has 1 N–H and O–H groups in total. The first kappa shape index (κ1) is 13.8. The van der Waals surface area contributed by atoms with Crippen LogP contribution in [-0.4, -0.2) is 25.8 Å². The maximum Gasteiger partial charge on any atom is 0.338 e. The van der Waals surface area contributed by atoms with Crippen molar-refractivity contribution in [2.75, 3.05) is 0 Å². The van der Waals surface area contributed by atoms with Crippen molar-refractivity contribution in [3.63, 3.8) is 0 Å². The van der Waals surface area contributed by atoms with Gasteiger partial charge in [0.05, 0.1) is 27.4 Å². The van der Waals surface area contributed by atoms with Gasteiger partial charge in [-0.2, -0.15) is 5.10 Å². The summed E-state index contributed by atoms with van der Waals surface area (Å²) < 4.78 is 1.77. The molecule has 102 valence electrons. The van der Waals surface area contributed by atoms with E-state index in [-0.39, 0.29) is 10.6 Å². The standard InChI is InChI=1S/C13H16ClN3O2/c1-4-5-6-17-12-9(7(2)16-17)10(13(18)19)11(14)8(3)15-12/h4-6H2,1-3H3,(H,18,19). The van der Waals surface area contributed by atoms with Crippen molar-refractivity contribution in [3.8, 4) is 0 Å². The molecule has 0 spiro atoms. The van der Waals surface area contributed by atoms with Crippen LogP contribution in [0, 0.1) is 13.8 Å². The number of aromatic carboxylic acids is 1. The van der Waals surface area contributed by atoms with Crippen LogP contribution in [0.5, 0.6) is 0 Å². The average Bonchev–Trinajstić information content (AvgIpc) is 2.64. The first-order valence-corrected chi connectivity index (χ1v) is 6.61. The molecule has 0 aromatic carbocycles. The van der Waals surface area contributed by atoms with Gasteiger partial charge in [-0.05, 0) is 20.3 Å². The van der Waals surface area contributed by atoms with Gasteiger partial charge in [-0.15, -0.1) is 0 Å². The number of fused-ring (bicyclic) bond motifs is 1. The lowest BCUT2D eigenvalue weighted by atomic mass is 10.1. The molecule has 6 heteroatoms. The summed E-state index contributed by atoms with van der Waals surface area (Å²) in [4.78, 5) is 15.8. The van der Waals surface area contributed by atoms with Crippen LogP contribution < -0.4 is 0 Å². The number of nitrogens with zero attached hydrogens (tertiary/aromatic N) is 3. The monoisotopic (exact) mass is 281 g/mol. The Bertz CT molecular complexity index is 649. The molecule has 0 bridgehead atoms. The third-order valence-corrected chi connectivity index (χ3v) is 3.56. The normalized spacial score (nSPS) is 11.2. The van der Waals surface area contributed by atoms with Crippen molar-refractivity contribution in [1.82, 2.24) is 14.8 Å². The topological polar surface area (TPSA) is 68.0 Å². The zero-order chi connectivity index (χ0) is 14.2. The molecule has 2 aromatic rings. The summed E-state index contributed by atoms with van der Waals surface area (Å²) in [5.41, 5.74) is 1.87. The zero-order valence-corrected chi connectivity index (χ0v) is 12.0. The number of carboxylic acid groups (broad SMARTS) is 1. The average molecular weight is 282 g/mol. The Morgan fingerprint density at radius 1 is 1.37 bits per heavy atom. The maximum atomic E-state index is 11.4. The second-order valence-corrected chi connectivity index (χ2v) is 4.93. The maximum absolute atomic E-state index is 11.4. The number of aryl methyl sites for hydroxylation is 3. The van der Waals surface area contributed by atoms with E-state index in [0.717, 1.165) is 19.4 Å². The molecule has 0 aliphatic carbocycles. The molecule has 0 saturated carbocycles. The molecular weight excluding hydrogens is 266 g/mol. The van der Waals surface area contributed by atoms with Crippen LogP contribution in [0.25, 0.3) is 11.0 Å². The number of rotatable bonds is 4. The summed E-state index contributed by atoms with van der Waals surface area (Å²) in [5.74, 6) is -1.04. The highest BCUT2D eigenvalue weighted by molar-refractivity contribution is 6.35. The van der Waals surface area contributed by atoms with E-state index in [1.54, 1.807) is 18.5 Å². The fourth-order valence-corrected chi connectivity index (χ4v) is 2.36. The van der Waals surface area contributed by atoms with Crippen molar-refractivity contribution >= 4 is 28.6 Å². The smallest absolute Gasteiger partial charge is 0.338 e. The summed E-state index contributed by atoms with van der Waals surface area (Å²) in [6, 6.07) is 0. The van der Waals surface area contributed by atoms with Gasteiger partial charge in [0.15, 0.2) is 5.65 Å². The molecule has 0 fully saturated rings. The Morgan fingerprint density at radius 2 is 2.05 bits per heavy atom. The second-order valence-electron chi connectivity index (χ2n) is 4.55. The van der Waals surface area contributed by atoms with Crippen molar-refractivity contribution in [3.05, 3.63) is 22.0 Å². The Balaban J connectivity index is 2.76. The second kappa shape index (κ2) is 5.17. The minimum absolute atomic E-state index is 0.101. The lowest BCUT2D eigenvalue weighted by Crippen LogP contribution is -2.05. The third kappa shape index (κ3) is 2.30. The van der Waals surface area contributed by atoms with Gasteiger partial charge < -0.3 is 5.11 Å². The van der Waals surface area contributed by atoms with E-state index in [9.17, 15) is 9.90 Å². The van der Waals surface area contributed by atoms with Gasteiger partial charge in [0.2, 0.25) is 0 Å². The SMILES string of the molecule is CCCCn1nc(C)c2c(C(=O)O)c(Cl)c(C)nc21. The Kier molecular flexibility index (Phi) is 3.75. The van der Waals surface area contributed by atoms with E-state index in [1.807, 2.05) is 0 Å². The number of unbranched alkanes of at least 4 members (excludes halogenated alkanes) is 1. The number of carboxylic acids is 1. The molecule has 0 radical (unpaired) electrons. The minimum atomic E-state index is -1.04. The molecule has 2 heterocycles. The molecule has 0 atom stereocenters. The molecule has 19 heavy (non-hydrogen) atoms. The number of carbonyl (C=O) groups is 1. The van der Waals surface area contributed by atoms with Gasteiger partial charge in [0.25, 0.3) is 0 Å². The summed E-state index contributed by atoms with van der Waals surface area (Å²) in [6.45, 7) is 6.32. The van der Waals surface area contributed by atoms with Crippen LogP contribution in [0.3, 0.4) is 0 Å². The van der Waals surface area contributed by atoms with Gasteiger partial charge in [0, 0.05) is 6.54 Å². The number of aromatic nitrogens is 3. The molecule has 0 saturated heterocycles. The third-order valence-electron chi connectivity index (χ3n) is 3.10. The predicted molar refractivity (Wildman–Crippen MR) is 73.9 cm³/mol. The molecule has 2 rings (SSSR count). The van der Waals surface area contributed by atoms with Crippen molar-refractivity contribution in [1.29, 1.82) is 0 Å². The highest BCUT2D eigenvalue weighted by Gasteiger charge is 2.22. The molecule has 0 amide bonds. The van der Waals surface area contributed by atoms with Gasteiger partial charge in [-0.1, -0.05) is 24.9 Å². The zero-order valence-electron chi connectivity index (χ0n) is 11.2. The van der Waals surface area contributed by atoms with Crippen LogP contribution in [0.4, 0.5) is 0 Å². The highest BCUT2D eigenvalue weighted by atomic mass is 35.5. The number of halogens is 1. The molecular formula is C13H16ClN3O2. The molecule has 2 aromatic heterocycles. The summed E-state index contributed by atoms with van der Waals surface area (Å²) in [7, 11) is 0. The van der Waals surface area contributed by atoms with E-state index in [2.05, 4.69) is 17.0 Å². The van der Waals surface area contributed by atoms with Gasteiger partial charge in [-0.25, -0.2) is 14.5 Å². The van der Waals surface area contributed by atoms with E-state index < -0.39 is 5.97 Å². The fraction of sp³-hybridized carbons (Fsp3) is 0.462. The van der Waals surface area contributed by atoms with E-state index in [4.69, 9.17) is 11.6 Å². The van der Waals surface area contributed by atoms with Crippen LogP contribution in [-0.2, 0) is 6.54 Å². The van der Waals surface area contributed by atoms with Crippen molar-refractivity contribution < 1.29 is 9.90 Å². The van der Waals surface area contributed by atoms with Crippen LogP contribution in [0.15, 0.2) is 0 Å². The van der Waals surface area contributed by atoms with E-state index in [1.165, 1.54) is 0 Å². The first-order valence-electron chi connectivity index (χ1n) is 6.23. The summed E-state index contributed by atoms with van der Waals surface area (Å²) in [6.07, 6.45) is 2.01. The first-order chi connectivity index (χ1) is 8.97. The Morgan fingerprint density at radius 3 is 2.63 bits per heavy atom. The number of hydrogen-bond donors (Lipinski definition) is 1. The summed E-state index contributed by atoms with van der Waals surface area (Å²) in [5, 5.41) is 14.5. The lowest BCUT2D eigenvalue weighted by Gasteiger charge is -2.06. The molecule has 0 unspecified atom stereocenters. The van der Waals surface area contributed by atoms with Crippen molar-refractivity contribution in [2.45, 2.75) is 40.2 Å². The Labute approximate surface area is 116 Å². The number of hydrogen-bond acceptors (Lipinski definition) is 3. The Hall–Kier alpha value is -1.62. The van der Waals surface area contributed by atoms with E-state index in [0.29, 0.717) is 22.4 Å². The van der Waals surface area contributed by atoms with E-state index >= 15 is 0 Å².